The van der Waals surface area contributed by atoms with Gasteiger partial charge in [0.25, 0.3) is 5.56 Å². The zero-order valence-corrected chi connectivity index (χ0v) is 21.5. The third-order valence-electron chi connectivity index (χ3n) is 6.25. The van der Waals surface area contributed by atoms with E-state index < -0.39 is 17.4 Å². The topological polar surface area (TPSA) is 111 Å². The van der Waals surface area contributed by atoms with Crippen LogP contribution in [0.3, 0.4) is 0 Å². The number of benzene rings is 2. The molecule has 0 spiro atoms. The number of aromatic nitrogens is 4. The number of nitrogens with two attached hydrogens (primary N) is 1. The van der Waals surface area contributed by atoms with E-state index in [1.54, 1.807) is 11.6 Å². The number of imidazole rings is 1. The Morgan fingerprint density at radius 2 is 1.58 bits per heavy atom. The van der Waals surface area contributed by atoms with Gasteiger partial charge in [-0.3, -0.25) is 13.9 Å². The summed E-state index contributed by atoms with van der Waals surface area (Å²) in [6.45, 7) is 3.27. The summed E-state index contributed by atoms with van der Waals surface area (Å²) in [6.07, 6.45) is 0.179. The van der Waals surface area contributed by atoms with Crippen LogP contribution in [0.2, 0.25) is 0 Å². The normalized spacial score (nSPS) is 12.8. The number of quaternary nitrogens is 1. The predicted octanol–water partition coefficient (Wildman–Crippen LogP) is -2.39. The summed E-state index contributed by atoms with van der Waals surface area (Å²) >= 11 is 0. The van der Waals surface area contributed by atoms with Gasteiger partial charge in [-0.1, -0.05) is 60.7 Å². The molecule has 0 saturated carbocycles. The van der Waals surface area contributed by atoms with E-state index >= 15 is 0 Å². The van der Waals surface area contributed by atoms with Crippen molar-refractivity contribution in [1.29, 1.82) is 0 Å². The van der Waals surface area contributed by atoms with Gasteiger partial charge in [0.15, 0.2) is 11.2 Å². The Morgan fingerprint density at radius 1 is 0.972 bits per heavy atom. The average molecular weight is 513 g/mol. The van der Waals surface area contributed by atoms with Crippen molar-refractivity contribution in [2.24, 2.45) is 14.1 Å². The quantitative estimate of drug-likeness (QED) is 0.219. The van der Waals surface area contributed by atoms with Crippen molar-refractivity contribution in [3.05, 3.63) is 92.6 Å². The van der Waals surface area contributed by atoms with Gasteiger partial charge >= 0.3 is 5.69 Å². The summed E-state index contributed by atoms with van der Waals surface area (Å²) in [4.78, 5) is 30.1. The maximum absolute atomic E-state index is 13.0. The first kappa shape index (κ1) is 27.2. The minimum atomic E-state index is -0.718. The molecule has 2 atom stereocenters. The summed E-state index contributed by atoms with van der Waals surface area (Å²) in [5.74, 6) is 0.443. The van der Waals surface area contributed by atoms with Crippen LogP contribution in [-0.2, 0) is 33.6 Å². The molecule has 4 aromatic rings. The summed E-state index contributed by atoms with van der Waals surface area (Å²) in [5.41, 5.74) is 2.02. The van der Waals surface area contributed by atoms with E-state index in [1.807, 2.05) is 48.5 Å². The minimum Gasteiger partial charge on any atom is -1.00 e. The molecule has 10 heteroatoms. The van der Waals surface area contributed by atoms with E-state index in [0.29, 0.717) is 30.2 Å². The molecule has 9 nitrogen and oxygen atoms in total. The first-order chi connectivity index (χ1) is 16.8. The molecule has 0 aliphatic rings. The van der Waals surface area contributed by atoms with E-state index in [4.69, 9.17) is 0 Å². The fourth-order valence-corrected chi connectivity index (χ4v) is 4.28. The number of hydrogen-bond acceptors (Lipinski definition) is 5. The van der Waals surface area contributed by atoms with Gasteiger partial charge in [0.1, 0.15) is 12.6 Å². The standard InChI is InChI=1S/C26H32N6O3.ClH/c1-18(14-19-10-6-4-7-11-19)27-16-21(33)17-32-22-23(30(2)26(35)31(3)24(22)34)29-25(32)28-15-20-12-8-5-9-13-20;/h4-13,18,21,27,33H,14-17H2,1-3H3,(H,28,29);1H. The van der Waals surface area contributed by atoms with Crippen LogP contribution in [0, 0.1) is 0 Å². The highest BCUT2D eigenvalue weighted by Gasteiger charge is 2.22. The third kappa shape index (κ3) is 6.04. The van der Waals surface area contributed by atoms with Crippen molar-refractivity contribution in [2.45, 2.75) is 38.6 Å². The highest BCUT2D eigenvalue weighted by molar-refractivity contribution is 5.74. The monoisotopic (exact) mass is 512 g/mol. The molecular formula is C26H33ClN6O3. The minimum absolute atomic E-state index is 0. The molecule has 0 bridgehead atoms. The second-order valence-corrected chi connectivity index (χ2v) is 9.06. The average Bonchev–Trinajstić information content (AvgIpc) is 3.23. The SMILES string of the molecule is CC(Cc1ccccc1)[NH2+]CC(O)Cn1c(NCc2ccccc2)nc2c1c(=O)n(C)c(=O)n2C.[Cl-]. The Morgan fingerprint density at radius 3 is 2.22 bits per heavy atom. The lowest BCUT2D eigenvalue weighted by Gasteiger charge is -2.17. The molecule has 2 aromatic heterocycles. The lowest BCUT2D eigenvalue weighted by molar-refractivity contribution is -0.691. The number of rotatable bonds is 10. The molecule has 0 fully saturated rings. The number of nitrogens with zero attached hydrogens (tertiary/aromatic N) is 4. The largest absolute Gasteiger partial charge is 1.00 e. The second kappa shape index (κ2) is 12.0. The molecule has 0 amide bonds. The smallest absolute Gasteiger partial charge is 0.332 e. The molecule has 4 N–H and O–H groups in total. The first-order valence-electron chi connectivity index (χ1n) is 11.8. The van der Waals surface area contributed by atoms with Gasteiger partial charge in [-0.2, -0.15) is 4.98 Å². The van der Waals surface area contributed by atoms with E-state index in [9.17, 15) is 14.7 Å². The fourth-order valence-electron chi connectivity index (χ4n) is 4.28. The predicted molar refractivity (Wildman–Crippen MR) is 136 cm³/mol. The van der Waals surface area contributed by atoms with Crippen molar-refractivity contribution in [2.75, 3.05) is 11.9 Å². The first-order valence-corrected chi connectivity index (χ1v) is 11.8. The molecule has 0 radical (unpaired) electrons. The van der Waals surface area contributed by atoms with Crippen molar-refractivity contribution in [3.8, 4) is 0 Å². The Bertz CT molecular complexity index is 1400. The van der Waals surface area contributed by atoms with Crippen LogP contribution < -0.4 is 34.3 Å². The van der Waals surface area contributed by atoms with Gasteiger partial charge in [0.2, 0.25) is 5.95 Å². The van der Waals surface area contributed by atoms with E-state index in [0.717, 1.165) is 16.6 Å². The van der Waals surface area contributed by atoms with Crippen molar-refractivity contribution < 1.29 is 22.8 Å². The Hall–Kier alpha value is -3.40. The summed E-state index contributed by atoms with van der Waals surface area (Å²) in [5, 5.41) is 16.3. The van der Waals surface area contributed by atoms with Gasteiger partial charge in [0, 0.05) is 27.1 Å². The number of nitrogens with one attached hydrogen (secondary N) is 1. The molecule has 4 rings (SSSR count). The van der Waals surface area contributed by atoms with Crippen LogP contribution in [0.1, 0.15) is 18.1 Å². The van der Waals surface area contributed by atoms with Crippen molar-refractivity contribution in [1.82, 2.24) is 18.7 Å². The molecule has 36 heavy (non-hydrogen) atoms. The number of aryl methyl sites for hydroxylation is 1. The second-order valence-electron chi connectivity index (χ2n) is 9.06. The number of halogens is 1. The van der Waals surface area contributed by atoms with Crippen LogP contribution in [0.25, 0.3) is 11.2 Å². The lowest BCUT2D eigenvalue weighted by Crippen LogP contribution is -3.00. The summed E-state index contributed by atoms with van der Waals surface area (Å²) in [7, 11) is 3.05. The highest BCUT2D eigenvalue weighted by Crippen LogP contribution is 2.17. The number of hydrogen-bond donors (Lipinski definition) is 3. The van der Waals surface area contributed by atoms with Crippen LogP contribution in [0.4, 0.5) is 5.95 Å². The lowest BCUT2D eigenvalue weighted by atomic mass is 10.1. The van der Waals surface area contributed by atoms with Gasteiger partial charge in [-0.25, -0.2) is 4.79 Å². The van der Waals surface area contributed by atoms with Crippen molar-refractivity contribution >= 4 is 17.1 Å². The molecule has 0 aliphatic heterocycles. The molecule has 192 valence electrons. The highest BCUT2D eigenvalue weighted by atomic mass is 35.5. The molecule has 2 heterocycles. The van der Waals surface area contributed by atoms with Crippen LogP contribution >= 0.6 is 0 Å². The van der Waals surface area contributed by atoms with Gasteiger partial charge in [0.05, 0.1) is 12.6 Å². The zero-order chi connectivity index (χ0) is 24.9. The summed E-state index contributed by atoms with van der Waals surface area (Å²) in [6, 6.07) is 20.4. The Labute approximate surface area is 215 Å². The molecular weight excluding hydrogens is 480 g/mol. The molecule has 0 aliphatic carbocycles. The number of aliphatic hydroxyl groups is 1. The molecule has 2 unspecified atom stereocenters. The van der Waals surface area contributed by atoms with Crippen LogP contribution in [-0.4, -0.2) is 42.5 Å². The maximum Gasteiger partial charge on any atom is 0.332 e. The zero-order valence-electron chi connectivity index (χ0n) is 20.8. The van der Waals surface area contributed by atoms with E-state index in [-0.39, 0.29) is 25.0 Å². The van der Waals surface area contributed by atoms with Crippen molar-refractivity contribution in [3.63, 3.8) is 0 Å². The van der Waals surface area contributed by atoms with Gasteiger partial charge < -0.3 is 32.7 Å². The number of anilines is 1. The third-order valence-corrected chi connectivity index (χ3v) is 6.25. The fraction of sp³-hybridized carbons (Fsp3) is 0.346. The van der Waals surface area contributed by atoms with Gasteiger partial charge in [-0.05, 0) is 18.1 Å². The Balaban J connectivity index is 0.00000361. The number of fused-ring (bicyclic) bond motifs is 1. The van der Waals surface area contributed by atoms with Gasteiger partial charge in [-0.15, -0.1) is 0 Å². The summed E-state index contributed by atoms with van der Waals surface area (Å²) < 4.78 is 4.13. The molecule has 0 saturated heterocycles. The van der Waals surface area contributed by atoms with Crippen LogP contribution in [0.5, 0.6) is 0 Å². The molecule has 2 aromatic carbocycles. The van der Waals surface area contributed by atoms with E-state index in [2.05, 4.69) is 34.7 Å². The van der Waals surface area contributed by atoms with Crippen LogP contribution in [0.15, 0.2) is 70.3 Å². The van der Waals surface area contributed by atoms with E-state index in [1.165, 1.54) is 17.2 Å². The number of aliphatic hydroxyl groups excluding tert-OH is 1. The Kier molecular flexibility index (Phi) is 9.08. The maximum atomic E-state index is 13.0.